The minimum absolute atomic E-state index is 0.258. The average Bonchev–Trinajstić information content (AvgIpc) is 2.59. The lowest BCUT2D eigenvalue weighted by atomic mass is 10.1. The Kier molecular flexibility index (Phi) is 8.01. The third kappa shape index (κ3) is 6.31. The summed E-state index contributed by atoms with van der Waals surface area (Å²) in [6.07, 6.45) is 0.920. The number of hydrogen-bond donors (Lipinski definition) is 2. The number of anilines is 1. The molecule has 0 bridgehead atoms. The molecule has 28 heavy (non-hydrogen) atoms. The van der Waals surface area contributed by atoms with Crippen molar-refractivity contribution < 1.29 is 9.53 Å². The van der Waals surface area contributed by atoms with E-state index < -0.39 is 0 Å². The molecule has 150 valence electrons. The van der Waals surface area contributed by atoms with Crippen LogP contribution in [0.2, 0.25) is 0 Å². The summed E-state index contributed by atoms with van der Waals surface area (Å²) < 4.78 is 6.63. The Morgan fingerprint density at radius 3 is 2.39 bits per heavy atom. The fraction of sp³-hybridized carbons (Fsp3) is 0.364. The molecule has 0 unspecified atom stereocenters. The van der Waals surface area contributed by atoms with Crippen LogP contribution >= 0.6 is 28.1 Å². The number of aryl methyl sites for hydroxylation is 3. The number of hydrogen-bond acceptors (Lipinski definition) is 3. The first-order valence-corrected chi connectivity index (χ1v) is 10.5. The van der Waals surface area contributed by atoms with Crippen LogP contribution in [0.15, 0.2) is 34.8 Å². The molecule has 6 heteroatoms. The van der Waals surface area contributed by atoms with Gasteiger partial charge in [0, 0.05) is 10.2 Å². The van der Waals surface area contributed by atoms with Crippen LogP contribution in [0.25, 0.3) is 0 Å². The molecule has 2 rings (SSSR count). The van der Waals surface area contributed by atoms with Gasteiger partial charge in [0.15, 0.2) is 5.11 Å². The van der Waals surface area contributed by atoms with Crippen LogP contribution < -0.4 is 15.4 Å². The number of rotatable bonds is 6. The molecule has 0 heterocycles. The van der Waals surface area contributed by atoms with E-state index in [1.54, 1.807) is 12.1 Å². The van der Waals surface area contributed by atoms with Crippen molar-refractivity contribution in [3.8, 4) is 5.75 Å². The van der Waals surface area contributed by atoms with Gasteiger partial charge in [0.05, 0.1) is 12.2 Å². The smallest absolute Gasteiger partial charge is 0.261 e. The predicted octanol–water partition coefficient (Wildman–Crippen LogP) is 5.93. The Labute approximate surface area is 181 Å². The zero-order valence-corrected chi connectivity index (χ0v) is 19.4. The van der Waals surface area contributed by atoms with Gasteiger partial charge >= 0.3 is 0 Å². The van der Waals surface area contributed by atoms with E-state index in [0.29, 0.717) is 23.8 Å². The summed E-state index contributed by atoms with van der Waals surface area (Å²) in [7, 11) is 0. The van der Waals surface area contributed by atoms with Crippen molar-refractivity contribution in [2.45, 2.75) is 41.0 Å². The van der Waals surface area contributed by atoms with Gasteiger partial charge in [0.1, 0.15) is 5.75 Å². The van der Waals surface area contributed by atoms with Crippen molar-refractivity contribution in [1.82, 2.24) is 5.32 Å². The second-order valence-electron chi connectivity index (χ2n) is 7.35. The molecule has 2 aromatic rings. The van der Waals surface area contributed by atoms with E-state index in [1.165, 1.54) is 5.56 Å². The van der Waals surface area contributed by atoms with E-state index in [0.717, 1.165) is 27.7 Å². The Morgan fingerprint density at radius 2 is 1.79 bits per heavy atom. The molecule has 0 spiro atoms. The van der Waals surface area contributed by atoms with Gasteiger partial charge in [0.25, 0.3) is 5.91 Å². The monoisotopic (exact) mass is 462 g/mol. The molecule has 0 radical (unpaired) electrons. The quantitative estimate of drug-likeness (QED) is 0.522. The first kappa shape index (κ1) is 22.4. The molecule has 1 amide bonds. The molecule has 0 saturated heterocycles. The number of ether oxygens (including phenoxy) is 1. The van der Waals surface area contributed by atoms with E-state index >= 15 is 0 Å². The molecule has 0 saturated carbocycles. The van der Waals surface area contributed by atoms with E-state index in [9.17, 15) is 4.79 Å². The molecule has 0 atom stereocenters. The summed E-state index contributed by atoms with van der Waals surface area (Å²) in [5.41, 5.74) is 4.70. The topological polar surface area (TPSA) is 50.4 Å². The third-order valence-corrected chi connectivity index (χ3v) is 4.98. The van der Waals surface area contributed by atoms with E-state index in [4.69, 9.17) is 17.0 Å². The van der Waals surface area contributed by atoms with Crippen molar-refractivity contribution in [3.63, 3.8) is 0 Å². The number of halogens is 1. The molecule has 0 aliphatic rings. The largest absolute Gasteiger partial charge is 0.493 e. The van der Waals surface area contributed by atoms with Crippen molar-refractivity contribution in [3.05, 3.63) is 57.1 Å². The van der Waals surface area contributed by atoms with Crippen molar-refractivity contribution in [1.29, 1.82) is 0 Å². The number of nitrogens with one attached hydrogen (secondary N) is 2. The van der Waals surface area contributed by atoms with Crippen LogP contribution in [0.5, 0.6) is 5.75 Å². The number of carbonyl (C=O) groups is 1. The van der Waals surface area contributed by atoms with Crippen molar-refractivity contribution >= 4 is 44.9 Å². The lowest BCUT2D eigenvalue weighted by Gasteiger charge is -2.16. The van der Waals surface area contributed by atoms with Crippen molar-refractivity contribution in [2.24, 2.45) is 5.92 Å². The summed E-state index contributed by atoms with van der Waals surface area (Å²) in [6.45, 7) is 10.9. The maximum Gasteiger partial charge on any atom is 0.261 e. The molecule has 2 aromatic carbocycles. The summed E-state index contributed by atoms with van der Waals surface area (Å²) in [5.74, 6) is 0.776. The summed E-state index contributed by atoms with van der Waals surface area (Å²) in [6, 6.07) is 9.55. The summed E-state index contributed by atoms with van der Waals surface area (Å²) in [5, 5.41) is 6.16. The van der Waals surface area contributed by atoms with E-state index in [2.05, 4.69) is 59.5 Å². The minimum atomic E-state index is -0.305. The van der Waals surface area contributed by atoms with Crippen molar-refractivity contribution in [2.75, 3.05) is 11.9 Å². The lowest BCUT2D eigenvalue weighted by Crippen LogP contribution is -2.34. The van der Waals surface area contributed by atoms with Crippen LogP contribution in [0, 0.1) is 26.7 Å². The predicted molar refractivity (Wildman–Crippen MR) is 123 cm³/mol. The third-order valence-electron chi connectivity index (χ3n) is 4.28. The molecule has 0 aromatic heterocycles. The first-order valence-electron chi connectivity index (χ1n) is 9.30. The maximum atomic E-state index is 12.8. The first-order chi connectivity index (χ1) is 13.2. The molecule has 2 N–H and O–H groups in total. The molecule has 0 aliphatic carbocycles. The average molecular weight is 463 g/mol. The molecular weight excluding hydrogens is 436 g/mol. The lowest BCUT2D eigenvalue weighted by molar-refractivity contribution is 0.0973. The van der Waals surface area contributed by atoms with Gasteiger partial charge in [-0.2, -0.15) is 0 Å². The van der Waals surface area contributed by atoms with Gasteiger partial charge in [-0.3, -0.25) is 10.1 Å². The zero-order chi connectivity index (χ0) is 20.8. The van der Waals surface area contributed by atoms with Gasteiger partial charge in [-0.05, 0) is 74.7 Å². The highest BCUT2D eigenvalue weighted by atomic mass is 79.9. The standard InChI is InChI=1S/C22H27BrN2O2S/c1-13(2)8-9-27-19-7-6-17(23)12-18(19)21(26)25-22(28)24-20-15(4)10-14(3)11-16(20)5/h6-7,10-13H,8-9H2,1-5H3,(H2,24,25,26,28). The Bertz CT molecular complexity index is 858. The fourth-order valence-electron chi connectivity index (χ4n) is 2.90. The van der Waals surface area contributed by atoms with Crippen LogP contribution in [0.4, 0.5) is 5.69 Å². The maximum absolute atomic E-state index is 12.8. The van der Waals surface area contributed by atoms with Crippen LogP contribution in [-0.4, -0.2) is 17.6 Å². The molecular formula is C22H27BrN2O2S. The number of carbonyl (C=O) groups excluding carboxylic acids is 1. The number of thiocarbonyl (C=S) groups is 1. The highest BCUT2D eigenvalue weighted by molar-refractivity contribution is 9.10. The van der Waals surface area contributed by atoms with Gasteiger partial charge in [0.2, 0.25) is 0 Å². The van der Waals surface area contributed by atoms with E-state index in [-0.39, 0.29) is 11.0 Å². The number of amides is 1. The second-order valence-corrected chi connectivity index (χ2v) is 8.68. The summed E-state index contributed by atoms with van der Waals surface area (Å²) >= 11 is 8.78. The molecule has 4 nitrogen and oxygen atoms in total. The van der Waals surface area contributed by atoms with Gasteiger partial charge in [-0.1, -0.05) is 47.5 Å². The Morgan fingerprint density at radius 1 is 1.14 bits per heavy atom. The second kappa shape index (κ2) is 10.0. The summed E-state index contributed by atoms with van der Waals surface area (Å²) in [4.78, 5) is 12.8. The van der Waals surface area contributed by atoms with Crippen LogP contribution in [0.3, 0.4) is 0 Å². The zero-order valence-electron chi connectivity index (χ0n) is 17.0. The Balaban J connectivity index is 2.11. The normalized spacial score (nSPS) is 10.7. The highest BCUT2D eigenvalue weighted by Gasteiger charge is 2.16. The highest BCUT2D eigenvalue weighted by Crippen LogP contribution is 2.25. The SMILES string of the molecule is Cc1cc(C)c(NC(=S)NC(=O)c2cc(Br)ccc2OCCC(C)C)c(C)c1. The number of benzene rings is 2. The van der Waals surface area contributed by atoms with Gasteiger partial charge in [-0.25, -0.2) is 0 Å². The molecule has 0 aliphatic heterocycles. The molecule has 0 fully saturated rings. The fourth-order valence-corrected chi connectivity index (χ4v) is 3.46. The van der Waals surface area contributed by atoms with Gasteiger partial charge < -0.3 is 10.1 Å². The van der Waals surface area contributed by atoms with Crippen LogP contribution in [0.1, 0.15) is 47.3 Å². The Hall–Kier alpha value is -1.92. The van der Waals surface area contributed by atoms with E-state index in [1.807, 2.05) is 19.9 Å². The minimum Gasteiger partial charge on any atom is -0.493 e. The van der Waals surface area contributed by atoms with Crippen LogP contribution in [-0.2, 0) is 0 Å². The van der Waals surface area contributed by atoms with Gasteiger partial charge in [-0.15, -0.1) is 0 Å².